The molecule has 0 radical (unpaired) electrons. The van der Waals surface area contributed by atoms with Crippen LogP contribution in [0.3, 0.4) is 0 Å². The number of allylic oxidation sites excluding steroid dienone is 1. The molecule has 31 heavy (non-hydrogen) atoms. The summed E-state index contributed by atoms with van der Waals surface area (Å²) in [6.45, 7) is 9.56. The van der Waals surface area contributed by atoms with Crippen LogP contribution < -0.4 is 5.32 Å². The van der Waals surface area contributed by atoms with Crippen molar-refractivity contribution in [2.75, 3.05) is 5.32 Å². The standard InChI is InChI=1S/C30H31N/c1-29(2)25-11-7-5-9-21(25)23-15-13-19(17-27(23)29)31-20-14-16-24-22-10-6-8-12-26(22)30(3,4)28(24)18-20/h5-13,15-17,20,28,31H,14,18H2,1-4H3. The zero-order valence-corrected chi connectivity index (χ0v) is 19.0. The number of anilines is 1. The lowest BCUT2D eigenvalue weighted by Crippen LogP contribution is -2.33. The summed E-state index contributed by atoms with van der Waals surface area (Å²) in [4.78, 5) is 0. The van der Waals surface area contributed by atoms with Crippen molar-refractivity contribution in [1.82, 2.24) is 0 Å². The van der Waals surface area contributed by atoms with Crippen LogP contribution in [0.1, 0.15) is 62.8 Å². The van der Waals surface area contributed by atoms with Crippen molar-refractivity contribution in [2.45, 2.75) is 57.4 Å². The molecule has 1 nitrogen and oxygen atoms in total. The number of benzene rings is 3. The van der Waals surface area contributed by atoms with Gasteiger partial charge < -0.3 is 5.32 Å². The zero-order chi connectivity index (χ0) is 21.4. The Morgan fingerprint density at radius 2 is 1.42 bits per heavy atom. The average Bonchev–Trinajstić information content (AvgIpc) is 3.14. The fourth-order valence-electron chi connectivity index (χ4n) is 6.53. The van der Waals surface area contributed by atoms with E-state index in [1.54, 1.807) is 5.57 Å². The van der Waals surface area contributed by atoms with Crippen molar-refractivity contribution in [3.05, 3.63) is 95.1 Å². The monoisotopic (exact) mass is 405 g/mol. The lowest BCUT2D eigenvalue weighted by Gasteiger charge is -2.35. The molecule has 3 aliphatic carbocycles. The van der Waals surface area contributed by atoms with Gasteiger partial charge in [0.15, 0.2) is 0 Å². The van der Waals surface area contributed by atoms with Crippen molar-refractivity contribution in [1.29, 1.82) is 0 Å². The molecule has 3 aromatic rings. The highest BCUT2D eigenvalue weighted by atomic mass is 14.9. The summed E-state index contributed by atoms with van der Waals surface area (Å²) >= 11 is 0. The second kappa shape index (κ2) is 6.36. The van der Waals surface area contributed by atoms with Gasteiger partial charge in [-0.3, -0.25) is 0 Å². The van der Waals surface area contributed by atoms with E-state index in [0.29, 0.717) is 12.0 Å². The molecule has 0 saturated carbocycles. The third-order valence-corrected chi connectivity index (χ3v) is 8.28. The predicted molar refractivity (Wildman–Crippen MR) is 132 cm³/mol. The molecule has 0 amide bonds. The van der Waals surface area contributed by atoms with Gasteiger partial charge in [0, 0.05) is 17.1 Å². The van der Waals surface area contributed by atoms with Gasteiger partial charge in [-0.2, -0.15) is 0 Å². The number of rotatable bonds is 2. The summed E-state index contributed by atoms with van der Waals surface area (Å²) in [7, 11) is 0. The minimum absolute atomic E-state index is 0.0539. The first-order valence-electron chi connectivity index (χ1n) is 11.7. The van der Waals surface area contributed by atoms with Crippen LogP contribution in [0.25, 0.3) is 16.7 Å². The molecule has 2 atom stereocenters. The normalized spacial score (nSPS) is 23.9. The molecule has 1 N–H and O–H groups in total. The smallest absolute Gasteiger partial charge is 0.0345 e. The number of nitrogens with one attached hydrogen (secondary N) is 1. The molecule has 0 saturated heterocycles. The Morgan fingerprint density at radius 3 is 2.23 bits per heavy atom. The van der Waals surface area contributed by atoms with Gasteiger partial charge in [-0.1, -0.05) is 88.4 Å². The van der Waals surface area contributed by atoms with E-state index in [4.69, 9.17) is 0 Å². The van der Waals surface area contributed by atoms with E-state index in [2.05, 4.69) is 106 Å². The number of fused-ring (bicyclic) bond motifs is 6. The zero-order valence-electron chi connectivity index (χ0n) is 19.0. The Morgan fingerprint density at radius 1 is 0.742 bits per heavy atom. The Balaban J connectivity index is 1.29. The first-order chi connectivity index (χ1) is 14.9. The Hall–Kier alpha value is -2.80. The van der Waals surface area contributed by atoms with E-state index in [1.807, 2.05) is 0 Å². The minimum atomic E-state index is 0.0539. The van der Waals surface area contributed by atoms with Crippen LogP contribution in [0.15, 0.2) is 72.8 Å². The van der Waals surface area contributed by atoms with E-state index in [1.165, 1.54) is 45.5 Å². The molecule has 0 heterocycles. The van der Waals surface area contributed by atoms with Crippen LogP contribution in [0.5, 0.6) is 0 Å². The van der Waals surface area contributed by atoms with Gasteiger partial charge in [0.05, 0.1) is 0 Å². The van der Waals surface area contributed by atoms with Crippen molar-refractivity contribution in [3.8, 4) is 11.1 Å². The fraction of sp³-hybridized carbons (Fsp3) is 0.333. The maximum atomic E-state index is 3.91. The van der Waals surface area contributed by atoms with Gasteiger partial charge in [-0.15, -0.1) is 0 Å². The topological polar surface area (TPSA) is 12.0 Å². The second-order valence-corrected chi connectivity index (χ2v) is 10.7. The summed E-state index contributed by atoms with van der Waals surface area (Å²) < 4.78 is 0. The first kappa shape index (κ1) is 18.9. The Kier molecular flexibility index (Phi) is 3.88. The summed E-state index contributed by atoms with van der Waals surface area (Å²) in [5, 5.41) is 3.91. The van der Waals surface area contributed by atoms with Crippen molar-refractivity contribution >= 4 is 11.3 Å². The lowest BCUT2D eigenvalue weighted by molar-refractivity contribution is 0.363. The predicted octanol–water partition coefficient (Wildman–Crippen LogP) is 7.56. The van der Waals surface area contributed by atoms with Gasteiger partial charge in [0.1, 0.15) is 0 Å². The molecular formula is C30H31N. The first-order valence-corrected chi connectivity index (χ1v) is 11.7. The Bertz CT molecular complexity index is 1230. The molecule has 3 aromatic carbocycles. The molecule has 2 unspecified atom stereocenters. The third kappa shape index (κ3) is 2.62. The van der Waals surface area contributed by atoms with Crippen LogP contribution in [-0.2, 0) is 10.8 Å². The number of hydrogen-bond acceptors (Lipinski definition) is 1. The third-order valence-electron chi connectivity index (χ3n) is 8.28. The summed E-state index contributed by atoms with van der Waals surface area (Å²) in [5.74, 6) is 0.589. The van der Waals surface area contributed by atoms with E-state index in [9.17, 15) is 0 Å². The maximum Gasteiger partial charge on any atom is 0.0345 e. The molecular weight excluding hydrogens is 374 g/mol. The Labute approximate surface area is 186 Å². The molecule has 0 bridgehead atoms. The second-order valence-electron chi connectivity index (χ2n) is 10.7. The molecule has 156 valence electrons. The molecule has 0 aliphatic heterocycles. The van der Waals surface area contributed by atoms with Crippen LogP contribution in [0.2, 0.25) is 0 Å². The quantitative estimate of drug-likeness (QED) is 0.464. The van der Waals surface area contributed by atoms with Gasteiger partial charge in [0.25, 0.3) is 0 Å². The highest BCUT2D eigenvalue weighted by Gasteiger charge is 2.44. The fourth-order valence-corrected chi connectivity index (χ4v) is 6.53. The molecule has 0 aromatic heterocycles. The molecule has 6 rings (SSSR count). The molecule has 3 aliphatic rings. The van der Waals surface area contributed by atoms with Gasteiger partial charge in [0.2, 0.25) is 0 Å². The van der Waals surface area contributed by atoms with Gasteiger partial charge >= 0.3 is 0 Å². The number of hydrogen-bond donors (Lipinski definition) is 1. The minimum Gasteiger partial charge on any atom is -0.382 e. The average molecular weight is 406 g/mol. The summed E-state index contributed by atoms with van der Waals surface area (Å²) in [5.41, 5.74) is 11.8. The van der Waals surface area contributed by atoms with E-state index >= 15 is 0 Å². The van der Waals surface area contributed by atoms with Crippen molar-refractivity contribution in [2.24, 2.45) is 5.92 Å². The van der Waals surface area contributed by atoms with E-state index < -0.39 is 0 Å². The van der Waals surface area contributed by atoms with Crippen LogP contribution in [0, 0.1) is 5.92 Å². The largest absolute Gasteiger partial charge is 0.382 e. The highest BCUT2D eigenvalue weighted by molar-refractivity contribution is 5.82. The molecule has 1 heteroatoms. The summed E-state index contributed by atoms with van der Waals surface area (Å²) in [6.07, 6.45) is 4.79. The van der Waals surface area contributed by atoms with Gasteiger partial charge in [-0.25, -0.2) is 0 Å². The lowest BCUT2D eigenvalue weighted by atomic mass is 9.72. The maximum absolute atomic E-state index is 3.91. The van der Waals surface area contributed by atoms with Crippen LogP contribution in [0.4, 0.5) is 5.69 Å². The molecule has 0 spiro atoms. The molecule has 0 fully saturated rings. The van der Waals surface area contributed by atoms with Crippen LogP contribution >= 0.6 is 0 Å². The van der Waals surface area contributed by atoms with Gasteiger partial charge in [-0.05, 0) is 75.3 Å². The summed E-state index contributed by atoms with van der Waals surface area (Å²) in [6, 6.07) is 25.4. The van der Waals surface area contributed by atoms with E-state index in [0.717, 1.165) is 6.42 Å². The highest BCUT2D eigenvalue weighted by Crippen LogP contribution is 2.54. The van der Waals surface area contributed by atoms with Crippen molar-refractivity contribution < 1.29 is 0 Å². The van der Waals surface area contributed by atoms with Crippen LogP contribution in [-0.4, -0.2) is 6.04 Å². The SMILES string of the molecule is CC1(C)c2ccccc2-c2ccc(NC3CC=C4c5ccccc5C(C)(C)C4C3)cc21. The van der Waals surface area contributed by atoms with E-state index in [-0.39, 0.29) is 10.8 Å². The van der Waals surface area contributed by atoms with Crippen molar-refractivity contribution in [3.63, 3.8) is 0 Å².